The number of nitrogens with zero attached hydrogens (tertiary/aromatic N) is 1. The molecular formula is C33H51N3O3. The summed E-state index contributed by atoms with van der Waals surface area (Å²) in [5.74, 6) is 1.21. The second kappa shape index (κ2) is 20.8. The summed E-state index contributed by atoms with van der Waals surface area (Å²) in [6, 6.07) is 15.1. The molecule has 0 amide bonds. The SMILES string of the molecule is CC.CC(C)=O.CC(CCCCN)CCC(=O)C(N)c1cc2ccccc2cn1.CCc1cccc(C)c1O. The Labute approximate surface area is 236 Å². The molecule has 3 aromatic rings. The highest BCUT2D eigenvalue weighted by Crippen LogP contribution is 2.22. The van der Waals surface area contributed by atoms with Crippen LogP contribution in [-0.2, 0) is 16.0 Å². The molecule has 6 heteroatoms. The number of carbonyl (C=O) groups is 2. The van der Waals surface area contributed by atoms with E-state index in [2.05, 4.69) is 11.9 Å². The Morgan fingerprint density at radius 2 is 1.59 bits per heavy atom. The van der Waals surface area contributed by atoms with Crippen LogP contribution in [0.4, 0.5) is 0 Å². The summed E-state index contributed by atoms with van der Waals surface area (Å²) < 4.78 is 0. The van der Waals surface area contributed by atoms with Crippen molar-refractivity contribution in [2.45, 2.75) is 93.0 Å². The molecule has 0 aliphatic carbocycles. The molecule has 216 valence electrons. The van der Waals surface area contributed by atoms with Crippen molar-refractivity contribution in [1.29, 1.82) is 0 Å². The van der Waals surface area contributed by atoms with E-state index in [1.807, 2.05) is 76.2 Å². The van der Waals surface area contributed by atoms with E-state index in [4.69, 9.17) is 11.5 Å². The third-order valence-corrected chi connectivity index (χ3v) is 6.05. The van der Waals surface area contributed by atoms with Gasteiger partial charge in [-0.1, -0.05) is 83.0 Å². The van der Waals surface area contributed by atoms with Gasteiger partial charge in [-0.15, -0.1) is 0 Å². The number of rotatable bonds is 10. The molecule has 0 radical (unpaired) electrons. The lowest BCUT2D eigenvalue weighted by atomic mass is 9.95. The van der Waals surface area contributed by atoms with Crippen molar-refractivity contribution in [2.24, 2.45) is 17.4 Å². The van der Waals surface area contributed by atoms with Crippen molar-refractivity contribution in [1.82, 2.24) is 4.98 Å². The summed E-state index contributed by atoms with van der Waals surface area (Å²) in [6.45, 7) is 13.9. The zero-order valence-corrected chi connectivity index (χ0v) is 25.2. The number of pyridine rings is 1. The first-order valence-corrected chi connectivity index (χ1v) is 14.2. The fraction of sp³-hybridized carbons (Fsp3) is 0.485. The van der Waals surface area contributed by atoms with Gasteiger partial charge in [-0.2, -0.15) is 0 Å². The lowest BCUT2D eigenvalue weighted by Crippen LogP contribution is -2.22. The van der Waals surface area contributed by atoms with Gasteiger partial charge in [-0.3, -0.25) is 9.78 Å². The minimum absolute atomic E-state index is 0.0680. The Balaban J connectivity index is 0.000000744. The number of nitrogens with two attached hydrogens (primary N) is 2. The number of fused-ring (bicyclic) bond motifs is 1. The van der Waals surface area contributed by atoms with Gasteiger partial charge in [0.15, 0.2) is 5.78 Å². The van der Waals surface area contributed by atoms with E-state index >= 15 is 0 Å². The van der Waals surface area contributed by atoms with Gasteiger partial charge < -0.3 is 21.4 Å². The number of ketones is 2. The zero-order chi connectivity index (χ0) is 29.8. The molecule has 2 aromatic carbocycles. The summed E-state index contributed by atoms with van der Waals surface area (Å²) >= 11 is 0. The molecule has 39 heavy (non-hydrogen) atoms. The van der Waals surface area contributed by atoms with E-state index in [1.54, 1.807) is 6.20 Å². The smallest absolute Gasteiger partial charge is 0.155 e. The molecule has 0 spiro atoms. The predicted molar refractivity (Wildman–Crippen MR) is 165 cm³/mol. The fourth-order valence-electron chi connectivity index (χ4n) is 3.77. The number of aromatic nitrogens is 1. The molecule has 0 bridgehead atoms. The molecule has 2 atom stereocenters. The van der Waals surface area contributed by atoms with E-state index in [0.29, 0.717) is 23.8 Å². The van der Waals surface area contributed by atoms with E-state index in [-0.39, 0.29) is 11.6 Å². The van der Waals surface area contributed by atoms with Crippen molar-refractivity contribution >= 4 is 22.3 Å². The van der Waals surface area contributed by atoms with Gasteiger partial charge in [-0.25, -0.2) is 0 Å². The van der Waals surface area contributed by atoms with Crippen LogP contribution < -0.4 is 11.5 Å². The third-order valence-electron chi connectivity index (χ3n) is 6.05. The standard InChI is InChI=1S/C19H27N3O.C9H12O.C3H6O.C2H6/c1-14(6-4-5-11-20)9-10-18(23)19(21)17-12-15-7-2-3-8-16(15)13-22-17;1-3-8-6-4-5-7(2)9(8)10;1-3(2)4;1-2/h2-3,7-8,12-14,19H,4-6,9-11,20-21H2,1H3;4-6,10H,3H2,1-2H3;1-2H3;1-2H3. The largest absolute Gasteiger partial charge is 0.507 e. The number of Topliss-reactive ketones (excluding diaryl/α,β-unsaturated/α-hetero) is 2. The van der Waals surface area contributed by atoms with Crippen LogP contribution in [0.15, 0.2) is 54.7 Å². The highest BCUT2D eigenvalue weighted by molar-refractivity contribution is 5.87. The summed E-state index contributed by atoms with van der Waals surface area (Å²) in [5, 5.41) is 11.5. The first kappa shape index (κ1) is 35.9. The lowest BCUT2D eigenvalue weighted by molar-refractivity contribution is -0.120. The highest BCUT2D eigenvalue weighted by Gasteiger charge is 2.18. The van der Waals surface area contributed by atoms with E-state index in [0.717, 1.165) is 60.5 Å². The monoisotopic (exact) mass is 537 g/mol. The molecule has 1 heterocycles. The first-order chi connectivity index (χ1) is 18.6. The Bertz CT molecular complexity index is 1110. The summed E-state index contributed by atoms with van der Waals surface area (Å²) in [7, 11) is 0. The van der Waals surface area contributed by atoms with Crippen LogP contribution in [0.5, 0.6) is 5.75 Å². The quantitative estimate of drug-likeness (QED) is 0.235. The van der Waals surface area contributed by atoms with Crippen molar-refractivity contribution in [3.05, 3.63) is 71.5 Å². The molecule has 6 nitrogen and oxygen atoms in total. The molecule has 2 unspecified atom stereocenters. The van der Waals surface area contributed by atoms with Crippen LogP contribution in [0.1, 0.15) is 96.5 Å². The number of aromatic hydroxyl groups is 1. The predicted octanol–water partition coefficient (Wildman–Crippen LogP) is 7.23. The number of benzene rings is 2. The van der Waals surface area contributed by atoms with Crippen LogP contribution in [0.3, 0.4) is 0 Å². The van der Waals surface area contributed by atoms with E-state index < -0.39 is 6.04 Å². The molecule has 0 saturated carbocycles. The van der Waals surface area contributed by atoms with Gasteiger partial charge in [0.25, 0.3) is 0 Å². The first-order valence-electron chi connectivity index (χ1n) is 14.2. The average Bonchev–Trinajstić information content (AvgIpc) is 2.94. The minimum atomic E-state index is -0.629. The summed E-state index contributed by atoms with van der Waals surface area (Å²) in [4.78, 5) is 26.1. The number of hydrogen-bond donors (Lipinski definition) is 3. The topological polar surface area (TPSA) is 119 Å². The van der Waals surface area contributed by atoms with Crippen LogP contribution in [0.2, 0.25) is 0 Å². The fourth-order valence-corrected chi connectivity index (χ4v) is 3.77. The molecule has 3 rings (SSSR count). The minimum Gasteiger partial charge on any atom is -0.507 e. The molecular weight excluding hydrogens is 486 g/mol. The van der Waals surface area contributed by atoms with Gasteiger partial charge in [-0.05, 0) is 75.1 Å². The Morgan fingerprint density at radius 1 is 0.974 bits per heavy atom. The molecule has 0 fully saturated rings. The highest BCUT2D eigenvalue weighted by atomic mass is 16.3. The second-order valence-corrected chi connectivity index (χ2v) is 9.67. The van der Waals surface area contributed by atoms with Crippen molar-refractivity contribution in [3.8, 4) is 5.75 Å². The maximum atomic E-state index is 12.3. The van der Waals surface area contributed by atoms with Gasteiger partial charge in [0.05, 0.1) is 5.69 Å². The van der Waals surface area contributed by atoms with E-state index in [1.165, 1.54) is 13.8 Å². The van der Waals surface area contributed by atoms with Crippen molar-refractivity contribution < 1.29 is 14.7 Å². The van der Waals surface area contributed by atoms with Crippen LogP contribution in [-0.4, -0.2) is 28.2 Å². The van der Waals surface area contributed by atoms with Crippen molar-refractivity contribution in [3.63, 3.8) is 0 Å². The maximum absolute atomic E-state index is 12.3. The maximum Gasteiger partial charge on any atom is 0.155 e. The Morgan fingerprint density at radius 3 is 2.15 bits per heavy atom. The molecule has 0 aliphatic heterocycles. The molecule has 0 aliphatic rings. The van der Waals surface area contributed by atoms with Crippen molar-refractivity contribution in [2.75, 3.05) is 6.54 Å². The van der Waals surface area contributed by atoms with E-state index in [9.17, 15) is 14.7 Å². The number of phenolic OH excluding ortho intramolecular Hbond substituents is 1. The number of carbonyl (C=O) groups excluding carboxylic acids is 2. The van der Waals surface area contributed by atoms with Crippen LogP contribution >= 0.6 is 0 Å². The number of hydrogen-bond acceptors (Lipinski definition) is 6. The zero-order valence-electron chi connectivity index (χ0n) is 25.2. The van der Waals surface area contributed by atoms with Gasteiger partial charge >= 0.3 is 0 Å². The Kier molecular flexibility index (Phi) is 19.2. The van der Waals surface area contributed by atoms with Crippen LogP contribution in [0, 0.1) is 12.8 Å². The number of phenols is 1. The summed E-state index contributed by atoms with van der Waals surface area (Å²) in [5.41, 5.74) is 14.3. The average molecular weight is 538 g/mol. The normalized spacial score (nSPS) is 11.5. The molecule has 0 saturated heterocycles. The second-order valence-electron chi connectivity index (χ2n) is 9.67. The van der Waals surface area contributed by atoms with Gasteiger partial charge in [0.2, 0.25) is 0 Å². The van der Waals surface area contributed by atoms with Crippen LogP contribution in [0.25, 0.3) is 10.8 Å². The van der Waals surface area contributed by atoms with Gasteiger partial charge in [0, 0.05) is 18.0 Å². The molecule has 5 N–H and O–H groups in total. The lowest BCUT2D eigenvalue weighted by Gasteiger charge is -2.14. The van der Waals surface area contributed by atoms with Gasteiger partial charge in [0.1, 0.15) is 17.6 Å². The number of para-hydroxylation sites is 1. The Hall–Kier alpha value is -3.09. The number of aryl methyl sites for hydroxylation is 2. The third kappa shape index (κ3) is 14.6. The number of unbranched alkanes of at least 4 members (excludes halogenated alkanes) is 1. The summed E-state index contributed by atoms with van der Waals surface area (Å²) in [6.07, 6.45) is 7.38. The molecule has 1 aromatic heterocycles.